The molecule has 3 heterocycles. The quantitative estimate of drug-likeness (QED) is 0.177. The third-order valence-corrected chi connectivity index (χ3v) is 10.1. The van der Waals surface area contributed by atoms with E-state index in [1.165, 1.54) is 6.20 Å². The van der Waals surface area contributed by atoms with Crippen molar-refractivity contribution in [1.29, 1.82) is 0 Å². The van der Waals surface area contributed by atoms with Crippen LogP contribution in [0.15, 0.2) is 34.1 Å². The molecule has 0 amide bonds. The molecule has 1 aliphatic carbocycles. The highest BCUT2D eigenvalue weighted by Crippen LogP contribution is 2.56. The molecule has 268 valence electrons. The zero-order valence-corrected chi connectivity index (χ0v) is 31.7. The molecule has 0 unspecified atom stereocenters. The second-order valence-corrected chi connectivity index (χ2v) is 18.7. The van der Waals surface area contributed by atoms with Crippen LogP contribution in [0.2, 0.25) is 0 Å². The van der Waals surface area contributed by atoms with Crippen molar-refractivity contribution in [2.45, 2.75) is 138 Å². The summed E-state index contributed by atoms with van der Waals surface area (Å²) in [5, 5.41) is 4.37. The summed E-state index contributed by atoms with van der Waals surface area (Å²) in [7, 11) is -8.62. The summed E-state index contributed by atoms with van der Waals surface area (Å²) in [6, 6.07) is 3.46. The normalized spacial score (nSPS) is 15.4. The highest BCUT2D eigenvalue weighted by molar-refractivity contribution is 7.48. The highest BCUT2D eigenvalue weighted by atomic mass is 31.2. The van der Waals surface area contributed by atoms with Gasteiger partial charge in [-0.3, -0.25) is 36.5 Å². The van der Waals surface area contributed by atoms with E-state index >= 15 is 0 Å². The van der Waals surface area contributed by atoms with Gasteiger partial charge in [0.2, 0.25) is 0 Å². The average Bonchev–Trinajstić information content (AvgIpc) is 3.59. The van der Waals surface area contributed by atoms with Crippen LogP contribution >= 0.6 is 15.6 Å². The summed E-state index contributed by atoms with van der Waals surface area (Å²) in [6.45, 7) is 18.6. The number of hydrogen-bond donors (Lipinski definition) is 0. The minimum Gasteiger partial charge on any atom is -0.281 e. The lowest BCUT2D eigenvalue weighted by atomic mass is 10.1. The Balaban J connectivity index is 1.84. The first-order valence-electron chi connectivity index (χ1n) is 15.8. The number of aromatic nitrogens is 5. The number of hydrogen-bond acceptors (Lipinski definition) is 12. The molecule has 0 saturated heterocycles. The fraction of sp³-hybridized carbons (Fsp3) is 0.677. The van der Waals surface area contributed by atoms with Gasteiger partial charge < -0.3 is 0 Å². The number of nitrogens with zero attached hydrogens (tertiary/aromatic N) is 5. The van der Waals surface area contributed by atoms with Gasteiger partial charge in [0.1, 0.15) is 13.5 Å². The highest BCUT2D eigenvalue weighted by Gasteiger charge is 2.39. The van der Waals surface area contributed by atoms with Crippen LogP contribution in [-0.2, 0) is 49.7 Å². The molecule has 0 radical (unpaired) electrons. The minimum absolute atomic E-state index is 0.000904. The molecule has 48 heavy (non-hydrogen) atoms. The maximum atomic E-state index is 14.1. The molecule has 15 nitrogen and oxygen atoms in total. The summed E-state index contributed by atoms with van der Waals surface area (Å²) in [4.78, 5) is 32.6. The van der Waals surface area contributed by atoms with E-state index < -0.39 is 62.8 Å². The predicted molar refractivity (Wildman–Crippen MR) is 180 cm³/mol. The van der Waals surface area contributed by atoms with E-state index in [-0.39, 0.29) is 17.2 Å². The molecule has 3 aromatic rings. The first-order valence-corrected chi connectivity index (χ1v) is 18.7. The molecule has 0 aliphatic heterocycles. The van der Waals surface area contributed by atoms with E-state index in [9.17, 15) is 18.7 Å². The number of rotatable bonds is 12. The zero-order chi connectivity index (χ0) is 36.1. The molecule has 1 aliphatic rings. The molecule has 1 saturated carbocycles. The molecular formula is C31H49N5O10P2. The standard InChI is InChI=1S/C31H49N5O10P2/c1-28(2,3)43-47(39,44-29(4,5)6)41-19-34-18-22(23-17-24(21-13-14-21)36-25(33-23)15-16-32-36)26(37)35(27(34)38)20-42-48(40,45-30(7,8)9)46-31(10,11)12/h15-18,21H,13-14,19-20H2,1-12H3. The average molecular weight is 714 g/mol. The van der Waals surface area contributed by atoms with Crippen LogP contribution in [0.5, 0.6) is 0 Å². The summed E-state index contributed by atoms with van der Waals surface area (Å²) >= 11 is 0. The van der Waals surface area contributed by atoms with Gasteiger partial charge in [-0.1, -0.05) is 0 Å². The van der Waals surface area contributed by atoms with E-state index in [0.29, 0.717) is 5.65 Å². The van der Waals surface area contributed by atoms with Gasteiger partial charge in [-0.25, -0.2) is 28.0 Å². The van der Waals surface area contributed by atoms with Gasteiger partial charge in [-0.05, 0) is 102 Å². The molecule has 0 atom stereocenters. The fourth-order valence-electron chi connectivity index (χ4n) is 4.53. The van der Waals surface area contributed by atoms with Crippen LogP contribution in [0, 0.1) is 0 Å². The van der Waals surface area contributed by atoms with Crippen LogP contribution in [0.1, 0.15) is 108 Å². The Morgan fingerprint density at radius 3 is 1.71 bits per heavy atom. The number of phosphoric acid groups is 2. The van der Waals surface area contributed by atoms with E-state index in [0.717, 1.165) is 27.7 Å². The molecule has 0 aromatic carbocycles. The van der Waals surface area contributed by atoms with Crippen molar-refractivity contribution in [2.24, 2.45) is 0 Å². The summed E-state index contributed by atoms with van der Waals surface area (Å²) in [6.07, 6.45) is 4.79. The molecular weight excluding hydrogens is 664 g/mol. The second-order valence-electron chi connectivity index (χ2n) is 15.7. The van der Waals surface area contributed by atoms with Gasteiger partial charge in [0.25, 0.3) is 5.56 Å². The van der Waals surface area contributed by atoms with E-state index in [4.69, 9.17) is 27.1 Å². The number of fused-ring (bicyclic) bond motifs is 1. The van der Waals surface area contributed by atoms with E-state index in [2.05, 4.69) is 10.1 Å². The van der Waals surface area contributed by atoms with Gasteiger partial charge in [0, 0.05) is 23.9 Å². The van der Waals surface area contributed by atoms with Gasteiger partial charge in [-0.2, -0.15) is 5.10 Å². The molecule has 1 fully saturated rings. The first-order chi connectivity index (χ1) is 21.8. The topological polar surface area (TPSA) is 164 Å². The van der Waals surface area contributed by atoms with Crippen LogP contribution in [-0.4, -0.2) is 46.1 Å². The number of phosphoric ester groups is 2. The molecule has 4 rings (SSSR count). The monoisotopic (exact) mass is 713 g/mol. The van der Waals surface area contributed by atoms with Gasteiger partial charge in [-0.15, -0.1) is 0 Å². The van der Waals surface area contributed by atoms with Crippen molar-refractivity contribution in [3.8, 4) is 11.3 Å². The molecule has 0 bridgehead atoms. The predicted octanol–water partition coefficient (Wildman–Crippen LogP) is 7.02. The van der Waals surface area contributed by atoms with Crippen molar-refractivity contribution in [2.75, 3.05) is 0 Å². The summed E-state index contributed by atoms with van der Waals surface area (Å²) < 4.78 is 65.3. The van der Waals surface area contributed by atoms with Crippen LogP contribution in [0.25, 0.3) is 16.9 Å². The van der Waals surface area contributed by atoms with Crippen LogP contribution in [0.4, 0.5) is 0 Å². The Morgan fingerprint density at radius 2 is 1.25 bits per heavy atom. The molecule has 0 spiro atoms. The summed E-state index contributed by atoms with van der Waals surface area (Å²) in [5.74, 6) is 0.235. The smallest absolute Gasteiger partial charge is 0.281 e. The lowest BCUT2D eigenvalue weighted by Crippen LogP contribution is -2.41. The fourth-order valence-corrected chi connectivity index (χ4v) is 8.02. The summed E-state index contributed by atoms with van der Waals surface area (Å²) in [5.41, 5.74) is -3.88. The van der Waals surface area contributed by atoms with Gasteiger partial charge in [0.15, 0.2) is 5.65 Å². The third-order valence-electron chi connectivity index (χ3n) is 6.14. The van der Waals surface area contributed by atoms with E-state index in [1.54, 1.807) is 106 Å². The molecule has 3 aromatic heterocycles. The third kappa shape index (κ3) is 10.5. The Morgan fingerprint density at radius 1 is 0.771 bits per heavy atom. The maximum absolute atomic E-state index is 14.1. The Labute approximate surface area is 281 Å². The first kappa shape index (κ1) is 38.3. The van der Waals surface area contributed by atoms with Crippen LogP contribution in [0.3, 0.4) is 0 Å². The van der Waals surface area contributed by atoms with Crippen molar-refractivity contribution in [3.63, 3.8) is 0 Å². The van der Waals surface area contributed by atoms with Gasteiger partial charge >= 0.3 is 21.3 Å². The Bertz CT molecular complexity index is 1810. The van der Waals surface area contributed by atoms with Crippen molar-refractivity contribution >= 4 is 21.3 Å². The maximum Gasteiger partial charge on any atom is 0.477 e. The Hall–Kier alpha value is -2.48. The van der Waals surface area contributed by atoms with Crippen molar-refractivity contribution in [1.82, 2.24) is 23.7 Å². The second kappa shape index (κ2) is 13.3. The van der Waals surface area contributed by atoms with Gasteiger partial charge in [0.05, 0.1) is 39.9 Å². The van der Waals surface area contributed by atoms with E-state index in [1.807, 2.05) is 0 Å². The lowest BCUT2D eigenvalue weighted by Gasteiger charge is -2.31. The van der Waals surface area contributed by atoms with Crippen molar-refractivity contribution in [3.05, 3.63) is 51.1 Å². The molecule has 17 heteroatoms. The zero-order valence-electron chi connectivity index (χ0n) is 29.9. The van der Waals surface area contributed by atoms with Crippen molar-refractivity contribution < 1.29 is 36.3 Å². The van der Waals surface area contributed by atoms with Crippen LogP contribution < -0.4 is 11.2 Å². The SMILES string of the molecule is CC(C)(C)OP(=O)(OCn1cc(-c2cc(C3CC3)n3nccc3n2)c(=O)n(COP(=O)(OC(C)(C)C)OC(C)(C)C)c1=O)OC(C)(C)C. The molecule has 0 N–H and O–H groups in total. The largest absolute Gasteiger partial charge is 0.477 e. The lowest BCUT2D eigenvalue weighted by molar-refractivity contribution is -0.00823. The minimum atomic E-state index is -4.35. The Kier molecular flexibility index (Phi) is 10.6.